The summed E-state index contributed by atoms with van der Waals surface area (Å²) in [5.41, 5.74) is 5.97. The van der Waals surface area contributed by atoms with Crippen molar-refractivity contribution < 1.29 is 9.53 Å². The van der Waals surface area contributed by atoms with E-state index in [2.05, 4.69) is 75.8 Å². The molecule has 5 rings (SSSR count). The Hall–Kier alpha value is -3.15. The average Bonchev–Trinajstić information content (AvgIpc) is 2.85. The second kappa shape index (κ2) is 9.55. The van der Waals surface area contributed by atoms with E-state index in [0.29, 0.717) is 6.54 Å². The number of carbonyl (C=O) groups is 1. The predicted molar refractivity (Wildman–Crippen MR) is 128 cm³/mol. The number of hydrogen-bond donors (Lipinski definition) is 1. The molecule has 1 N–H and O–H groups in total. The van der Waals surface area contributed by atoms with E-state index in [1.54, 1.807) is 0 Å². The normalized spacial score (nSPS) is 18.8. The number of morpholine rings is 1. The highest BCUT2D eigenvalue weighted by molar-refractivity contribution is 5.92. The topological polar surface area (TPSA) is 44.8 Å². The van der Waals surface area contributed by atoms with Crippen molar-refractivity contribution in [3.05, 3.63) is 95.6 Å². The first-order valence-electron chi connectivity index (χ1n) is 11.3. The van der Waals surface area contributed by atoms with E-state index in [1.807, 2.05) is 18.2 Å². The molecule has 0 aliphatic carbocycles. The maximum Gasteiger partial charge on any atom is 0.238 e. The van der Waals surface area contributed by atoms with Crippen molar-refractivity contribution >= 4 is 17.3 Å². The lowest BCUT2D eigenvalue weighted by atomic mass is 9.84. The standard InChI is InChI=1S/C27H29N3O2/c31-27(28-23-10-12-24(13-11-23)30-14-16-32-17-15-30)20-29-18-22-8-4-5-9-25(22)26(19-29)21-6-2-1-3-7-21/h1-13,26H,14-20H2,(H,28,31). The zero-order valence-corrected chi connectivity index (χ0v) is 18.2. The van der Waals surface area contributed by atoms with Crippen LogP contribution in [0.3, 0.4) is 0 Å². The van der Waals surface area contributed by atoms with Gasteiger partial charge in [0.1, 0.15) is 0 Å². The molecule has 5 nitrogen and oxygen atoms in total. The first-order chi connectivity index (χ1) is 15.8. The van der Waals surface area contributed by atoms with E-state index in [0.717, 1.165) is 45.1 Å². The van der Waals surface area contributed by atoms with Crippen molar-refractivity contribution in [2.75, 3.05) is 49.6 Å². The van der Waals surface area contributed by atoms with Crippen LogP contribution in [-0.4, -0.2) is 50.2 Å². The van der Waals surface area contributed by atoms with Crippen LogP contribution in [0.2, 0.25) is 0 Å². The summed E-state index contributed by atoms with van der Waals surface area (Å²) in [6.07, 6.45) is 0. The molecule has 2 aliphatic heterocycles. The summed E-state index contributed by atoms with van der Waals surface area (Å²) in [5, 5.41) is 3.07. The van der Waals surface area contributed by atoms with Crippen molar-refractivity contribution in [3.8, 4) is 0 Å². The largest absolute Gasteiger partial charge is 0.378 e. The van der Waals surface area contributed by atoms with Gasteiger partial charge in [-0.15, -0.1) is 0 Å². The minimum Gasteiger partial charge on any atom is -0.378 e. The molecule has 0 bridgehead atoms. The third-order valence-electron chi connectivity index (χ3n) is 6.36. The van der Waals surface area contributed by atoms with Crippen molar-refractivity contribution in [1.29, 1.82) is 0 Å². The first-order valence-corrected chi connectivity index (χ1v) is 11.3. The lowest BCUT2D eigenvalue weighted by molar-refractivity contribution is -0.117. The first kappa shape index (κ1) is 20.7. The van der Waals surface area contributed by atoms with Gasteiger partial charge < -0.3 is 15.0 Å². The number of amides is 1. The number of fused-ring (bicyclic) bond motifs is 1. The summed E-state index contributed by atoms with van der Waals surface area (Å²) in [6, 6.07) is 27.3. The Kier molecular flexibility index (Phi) is 6.19. The highest BCUT2D eigenvalue weighted by atomic mass is 16.5. The Morgan fingerprint density at radius 1 is 0.906 bits per heavy atom. The maximum atomic E-state index is 12.8. The molecule has 0 aromatic heterocycles. The molecule has 164 valence electrons. The molecule has 5 heteroatoms. The van der Waals surface area contributed by atoms with Crippen molar-refractivity contribution in [3.63, 3.8) is 0 Å². The van der Waals surface area contributed by atoms with Crippen LogP contribution in [0.5, 0.6) is 0 Å². The molecule has 2 aliphatic rings. The number of rotatable bonds is 5. The summed E-state index contributed by atoms with van der Waals surface area (Å²) in [5.74, 6) is 0.303. The van der Waals surface area contributed by atoms with Crippen LogP contribution in [0.25, 0.3) is 0 Å². The second-order valence-electron chi connectivity index (χ2n) is 8.53. The number of hydrogen-bond acceptors (Lipinski definition) is 4. The van der Waals surface area contributed by atoms with Crippen LogP contribution in [0.1, 0.15) is 22.6 Å². The molecule has 1 saturated heterocycles. The molecule has 0 radical (unpaired) electrons. The Bertz CT molecular complexity index is 1050. The van der Waals surface area contributed by atoms with Gasteiger partial charge in [0.15, 0.2) is 0 Å². The molecule has 1 atom stereocenters. The van der Waals surface area contributed by atoms with Gasteiger partial charge in [0.05, 0.1) is 19.8 Å². The Morgan fingerprint density at radius 3 is 2.41 bits per heavy atom. The van der Waals surface area contributed by atoms with Gasteiger partial charge in [-0.2, -0.15) is 0 Å². The highest BCUT2D eigenvalue weighted by Gasteiger charge is 2.27. The van der Waals surface area contributed by atoms with Gasteiger partial charge in [0.2, 0.25) is 5.91 Å². The summed E-state index contributed by atoms with van der Waals surface area (Å²) in [6.45, 7) is 5.36. The average molecular weight is 428 g/mol. The molecule has 3 aromatic carbocycles. The minimum atomic E-state index is 0.0234. The van der Waals surface area contributed by atoms with Gasteiger partial charge in [-0.25, -0.2) is 0 Å². The molecule has 2 heterocycles. The van der Waals surface area contributed by atoms with E-state index in [9.17, 15) is 4.79 Å². The van der Waals surface area contributed by atoms with Crippen molar-refractivity contribution in [1.82, 2.24) is 4.90 Å². The summed E-state index contributed by atoms with van der Waals surface area (Å²) in [4.78, 5) is 17.4. The van der Waals surface area contributed by atoms with Crippen LogP contribution < -0.4 is 10.2 Å². The summed E-state index contributed by atoms with van der Waals surface area (Å²) in [7, 11) is 0. The second-order valence-corrected chi connectivity index (χ2v) is 8.53. The van der Waals surface area contributed by atoms with Crippen LogP contribution >= 0.6 is 0 Å². The Balaban J connectivity index is 1.24. The van der Waals surface area contributed by atoms with Gasteiger partial charge in [0.25, 0.3) is 0 Å². The van der Waals surface area contributed by atoms with Crippen LogP contribution in [-0.2, 0) is 16.1 Å². The smallest absolute Gasteiger partial charge is 0.238 e. The maximum absolute atomic E-state index is 12.8. The van der Waals surface area contributed by atoms with Crippen molar-refractivity contribution in [2.24, 2.45) is 0 Å². The lowest BCUT2D eigenvalue weighted by Gasteiger charge is -2.34. The highest BCUT2D eigenvalue weighted by Crippen LogP contribution is 2.33. The number of nitrogens with zero attached hydrogens (tertiary/aromatic N) is 2. The zero-order valence-electron chi connectivity index (χ0n) is 18.2. The molecule has 0 saturated carbocycles. The van der Waals surface area contributed by atoms with E-state index < -0.39 is 0 Å². The third kappa shape index (κ3) is 4.69. The van der Waals surface area contributed by atoms with E-state index in [1.165, 1.54) is 22.4 Å². The number of benzene rings is 3. The lowest BCUT2D eigenvalue weighted by Crippen LogP contribution is -2.39. The van der Waals surface area contributed by atoms with Crippen LogP contribution in [0.15, 0.2) is 78.9 Å². The Labute approximate surface area is 189 Å². The monoisotopic (exact) mass is 427 g/mol. The van der Waals surface area contributed by atoms with E-state index >= 15 is 0 Å². The minimum absolute atomic E-state index is 0.0234. The molecule has 3 aromatic rings. The molecule has 1 fully saturated rings. The molecular formula is C27H29N3O2. The van der Waals surface area contributed by atoms with Crippen molar-refractivity contribution in [2.45, 2.75) is 12.5 Å². The molecule has 1 amide bonds. The van der Waals surface area contributed by atoms with Crippen LogP contribution in [0, 0.1) is 0 Å². The fourth-order valence-corrected chi connectivity index (χ4v) is 4.75. The number of carbonyl (C=O) groups excluding carboxylic acids is 1. The predicted octanol–water partition coefficient (Wildman–Crippen LogP) is 4.11. The zero-order chi connectivity index (χ0) is 21.8. The van der Waals surface area contributed by atoms with E-state index in [4.69, 9.17) is 4.74 Å². The van der Waals surface area contributed by atoms with Gasteiger partial charge in [0, 0.05) is 43.5 Å². The number of nitrogens with one attached hydrogen (secondary N) is 1. The molecule has 1 unspecified atom stereocenters. The fourth-order valence-electron chi connectivity index (χ4n) is 4.75. The van der Waals surface area contributed by atoms with Gasteiger partial charge in [-0.3, -0.25) is 9.69 Å². The molecular weight excluding hydrogens is 398 g/mol. The van der Waals surface area contributed by atoms with E-state index in [-0.39, 0.29) is 11.8 Å². The van der Waals surface area contributed by atoms with Crippen LogP contribution in [0.4, 0.5) is 11.4 Å². The summed E-state index contributed by atoms with van der Waals surface area (Å²) >= 11 is 0. The van der Waals surface area contributed by atoms with Gasteiger partial charge in [-0.1, -0.05) is 54.6 Å². The van der Waals surface area contributed by atoms with Gasteiger partial charge in [-0.05, 0) is 41.0 Å². The van der Waals surface area contributed by atoms with Gasteiger partial charge >= 0.3 is 0 Å². The SMILES string of the molecule is O=C(CN1Cc2ccccc2C(c2ccccc2)C1)Nc1ccc(N2CCOCC2)cc1. The third-order valence-corrected chi connectivity index (χ3v) is 6.36. The molecule has 0 spiro atoms. The Morgan fingerprint density at radius 2 is 1.62 bits per heavy atom. The fraction of sp³-hybridized carbons (Fsp3) is 0.296. The number of anilines is 2. The quantitative estimate of drug-likeness (QED) is 0.666. The summed E-state index contributed by atoms with van der Waals surface area (Å²) < 4.78 is 5.42. The number of ether oxygens (including phenoxy) is 1. The molecule has 32 heavy (non-hydrogen) atoms.